The number of rotatable bonds is 0. The van der Waals surface area contributed by atoms with Crippen molar-refractivity contribution in [1.29, 1.82) is 0 Å². The third kappa shape index (κ3) is 6.05. The highest BCUT2D eigenvalue weighted by molar-refractivity contribution is 6.50. The monoisotopic (exact) mass is 198 g/mol. The molecule has 1 nitrogen and oxygen atoms in total. The Balaban J connectivity index is 0.000000132. The van der Waals surface area contributed by atoms with Crippen LogP contribution in [0.4, 0.5) is 0 Å². The minimum Gasteiger partial charge on any atom is -0.420 e. The van der Waals surface area contributed by atoms with E-state index < -0.39 is 9.04 Å². The second kappa shape index (κ2) is 7.33. The van der Waals surface area contributed by atoms with Gasteiger partial charge >= 0.3 is 0 Å². The molecular weight excluding hydrogens is 176 g/mol. The fraction of sp³-hybridized carbons (Fsp3) is 0.818. The molecule has 0 aromatic rings. The van der Waals surface area contributed by atoms with E-state index in [1.54, 1.807) is 0 Å². The van der Waals surface area contributed by atoms with Gasteiger partial charge in [0.25, 0.3) is 0 Å². The van der Waals surface area contributed by atoms with Crippen LogP contribution in [0.2, 0.25) is 12.6 Å². The molecular formula is C11H22OSi. The first kappa shape index (κ1) is 11.0. The maximum absolute atomic E-state index is 5.42. The van der Waals surface area contributed by atoms with E-state index in [0.29, 0.717) is 0 Å². The number of allylic oxidation sites excluding steroid dienone is 2. The molecule has 0 aromatic heterocycles. The van der Waals surface area contributed by atoms with Crippen molar-refractivity contribution in [2.24, 2.45) is 0 Å². The highest BCUT2D eigenvalue weighted by atomic mass is 28.3. The molecule has 76 valence electrons. The van der Waals surface area contributed by atoms with Crippen LogP contribution in [0.15, 0.2) is 12.2 Å². The molecule has 13 heavy (non-hydrogen) atoms. The molecule has 0 radical (unpaired) electrons. The lowest BCUT2D eigenvalue weighted by Gasteiger charge is -2.16. The summed E-state index contributed by atoms with van der Waals surface area (Å²) in [5, 5.41) is 0. The van der Waals surface area contributed by atoms with Gasteiger partial charge in [0.05, 0.1) is 0 Å². The van der Waals surface area contributed by atoms with Crippen molar-refractivity contribution in [3.63, 3.8) is 0 Å². The molecule has 1 aliphatic heterocycles. The van der Waals surface area contributed by atoms with Gasteiger partial charge < -0.3 is 4.43 Å². The summed E-state index contributed by atoms with van der Waals surface area (Å²) in [6.45, 7) is 3.33. The van der Waals surface area contributed by atoms with E-state index in [1.165, 1.54) is 44.6 Å². The van der Waals surface area contributed by atoms with Crippen molar-refractivity contribution in [3.05, 3.63) is 12.2 Å². The van der Waals surface area contributed by atoms with Crippen LogP contribution in [0, 0.1) is 0 Å². The van der Waals surface area contributed by atoms with Gasteiger partial charge in [-0.1, -0.05) is 18.6 Å². The zero-order chi connectivity index (χ0) is 9.36. The van der Waals surface area contributed by atoms with E-state index in [2.05, 4.69) is 18.7 Å². The SMILES string of the molecule is C1=CCCCC1.C[SiH]1CCCCO1. The van der Waals surface area contributed by atoms with Crippen LogP contribution in [-0.2, 0) is 4.43 Å². The summed E-state index contributed by atoms with van der Waals surface area (Å²) in [7, 11) is -0.595. The molecule has 0 saturated carbocycles. The molecule has 1 fully saturated rings. The van der Waals surface area contributed by atoms with Crippen molar-refractivity contribution < 1.29 is 4.43 Å². The third-order valence-electron chi connectivity index (χ3n) is 2.57. The van der Waals surface area contributed by atoms with Crippen LogP contribution in [0.1, 0.15) is 38.5 Å². The van der Waals surface area contributed by atoms with Crippen molar-refractivity contribution in [2.75, 3.05) is 6.61 Å². The lowest BCUT2D eigenvalue weighted by molar-refractivity contribution is 0.291. The fourth-order valence-electron chi connectivity index (χ4n) is 1.66. The Morgan fingerprint density at radius 3 is 1.92 bits per heavy atom. The maximum atomic E-state index is 5.42. The Hall–Kier alpha value is -0.0831. The molecule has 1 heterocycles. The molecule has 1 unspecified atom stereocenters. The van der Waals surface area contributed by atoms with Crippen molar-refractivity contribution in [3.8, 4) is 0 Å². The van der Waals surface area contributed by atoms with E-state index in [9.17, 15) is 0 Å². The van der Waals surface area contributed by atoms with Gasteiger partial charge in [-0.15, -0.1) is 0 Å². The average molecular weight is 198 g/mol. The third-order valence-corrected chi connectivity index (χ3v) is 4.59. The highest BCUT2D eigenvalue weighted by Crippen LogP contribution is 2.09. The Labute approximate surface area is 83.9 Å². The van der Waals surface area contributed by atoms with Gasteiger partial charge in [-0.2, -0.15) is 0 Å². The first-order chi connectivity index (χ1) is 6.39. The van der Waals surface area contributed by atoms with Crippen LogP contribution in [0.25, 0.3) is 0 Å². The Morgan fingerprint density at radius 1 is 1.00 bits per heavy atom. The minimum atomic E-state index is -0.595. The van der Waals surface area contributed by atoms with Crippen LogP contribution in [-0.4, -0.2) is 15.6 Å². The zero-order valence-corrected chi connectivity index (χ0v) is 9.95. The molecule has 2 rings (SSSR count). The molecule has 2 heteroatoms. The molecule has 1 saturated heterocycles. The van der Waals surface area contributed by atoms with Gasteiger partial charge in [0.15, 0.2) is 9.04 Å². The molecule has 1 atom stereocenters. The second-order valence-corrected chi connectivity index (χ2v) is 6.46. The predicted octanol–water partition coefficient (Wildman–Crippen LogP) is 3.27. The Kier molecular flexibility index (Phi) is 6.20. The molecule has 0 aromatic carbocycles. The van der Waals surface area contributed by atoms with E-state index >= 15 is 0 Å². The van der Waals surface area contributed by atoms with Crippen LogP contribution in [0.5, 0.6) is 0 Å². The molecule has 0 spiro atoms. The lowest BCUT2D eigenvalue weighted by Crippen LogP contribution is -2.18. The van der Waals surface area contributed by atoms with Crippen LogP contribution in [0.3, 0.4) is 0 Å². The zero-order valence-electron chi connectivity index (χ0n) is 8.80. The Morgan fingerprint density at radius 2 is 1.69 bits per heavy atom. The summed E-state index contributed by atoms with van der Waals surface area (Å²) in [6, 6.07) is 1.40. The smallest absolute Gasteiger partial charge is 0.173 e. The van der Waals surface area contributed by atoms with E-state index in [4.69, 9.17) is 4.43 Å². The quantitative estimate of drug-likeness (QED) is 0.429. The second-order valence-electron chi connectivity index (χ2n) is 3.93. The first-order valence-corrected chi connectivity index (χ1v) is 8.10. The van der Waals surface area contributed by atoms with Gasteiger partial charge in [0, 0.05) is 6.61 Å². The fourth-order valence-corrected chi connectivity index (χ4v) is 3.26. The van der Waals surface area contributed by atoms with Crippen LogP contribution < -0.4 is 0 Å². The lowest BCUT2D eigenvalue weighted by atomic mass is 10.1. The Bertz CT molecular complexity index is 131. The summed E-state index contributed by atoms with van der Waals surface area (Å²) in [4.78, 5) is 0. The van der Waals surface area contributed by atoms with Gasteiger partial charge in [0.2, 0.25) is 0 Å². The van der Waals surface area contributed by atoms with E-state index in [-0.39, 0.29) is 0 Å². The van der Waals surface area contributed by atoms with Gasteiger partial charge in [-0.25, -0.2) is 0 Å². The van der Waals surface area contributed by atoms with Gasteiger partial charge in [-0.05, 0) is 44.7 Å². The topological polar surface area (TPSA) is 9.23 Å². The maximum Gasteiger partial charge on any atom is 0.173 e. The summed E-state index contributed by atoms with van der Waals surface area (Å²) in [6.07, 6.45) is 12.7. The van der Waals surface area contributed by atoms with Crippen LogP contribution >= 0.6 is 0 Å². The molecule has 1 aliphatic carbocycles. The summed E-state index contributed by atoms with van der Waals surface area (Å²) in [5.41, 5.74) is 0. The van der Waals surface area contributed by atoms with Crippen molar-refractivity contribution >= 4 is 9.04 Å². The van der Waals surface area contributed by atoms with Gasteiger partial charge in [0.1, 0.15) is 0 Å². The average Bonchev–Trinajstić information content (AvgIpc) is 2.22. The molecule has 0 N–H and O–H groups in total. The molecule has 2 aliphatic rings. The predicted molar refractivity (Wildman–Crippen MR) is 60.6 cm³/mol. The number of hydrogen-bond acceptors (Lipinski definition) is 1. The van der Waals surface area contributed by atoms with Crippen molar-refractivity contribution in [2.45, 2.75) is 51.1 Å². The summed E-state index contributed by atoms with van der Waals surface area (Å²) in [5.74, 6) is 0. The summed E-state index contributed by atoms with van der Waals surface area (Å²) >= 11 is 0. The largest absolute Gasteiger partial charge is 0.420 e. The standard InChI is InChI=1S/C6H10.C5H12OSi/c1-2-4-6-5-3-1;1-7-5-3-2-4-6-7/h1-2H,3-6H2;7H,2-5H2,1H3. The van der Waals surface area contributed by atoms with E-state index in [0.717, 1.165) is 6.61 Å². The normalized spacial score (nSPS) is 27.6. The highest BCUT2D eigenvalue weighted by Gasteiger charge is 2.08. The molecule has 0 amide bonds. The molecule has 0 bridgehead atoms. The van der Waals surface area contributed by atoms with E-state index in [1.807, 2.05) is 0 Å². The van der Waals surface area contributed by atoms with Gasteiger partial charge in [-0.3, -0.25) is 0 Å². The minimum absolute atomic E-state index is 0.595. The van der Waals surface area contributed by atoms with Crippen molar-refractivity contribution in [1.82, 2.24) is 0 Å². The summed E-state index contributed by atoms with van der Waals surface area (Å²) < 4.78 is 5.42. The first-order valence-electron chi connectivity index (χ1n) is 5.66. The number of hydrogen-bond donors (Lipinski definition) is 0.